The van der Waals surface area contributed by atoms with E-state index in [1.165, 1.54) is 69.2 Å². The summed E-state index contributed by atoms with van der Waals surface area (Å²) in [6, 6.07) is 54.8. The highest BCUT2D eigenvalue weighted by Crippen LogP contribution is 2.40. The Hall–Kier alpha value is -5.31. The average Bonchev–Trinajstić information content (AvgIpc) is 3.47. The smallest absolute Gasteiger partial charge is 0.0723 e. The van der Waals surface area contributed by atoms with Gasteiger partial charge in [0.15, 0.2) is 0 Å². The van der Waals surface area contributed by atoms with Crippen LogP contribution in [-0.2, 0) is 0 Å². The van der Waals surface area contributed by atoms with Crippen molar-refractivity contribution in [2.45, 2.75) is 0 Å². The van der Waals surface area contributed by atoms with Crippen LogP contribution < -0.4 is 0 Å². The molecule has 9 aromatic rings. The molecular formula is C41H25NS. The van der Waals surface area contributed by atoms with Crippen LogP contribution in [0.3, 0.4) is 0 Å². The molecule has 0 aliphatic carbocycles. The average molecular weight is 564 g/mol. The van der Waals surface area contributed by atoms with Crippen LogP contribution in [0.25, 0.3) is 86.1 Å². The van der Waals surface area contributed by atoms with Gasteiger partial charge in [-0.15, -0.1) is 11.3 Å². The van der Waals surface area contributed by atoms with Crippen molar-refractivity contribution in [2.75, 3.05) is 0 Å². The predicted molar refractivity (Wildman–Crippen MR) is 186 cm³/mol. The van der Waals surface area contributed by atoms with Gasteiger partial charge in [-0.05, 0) is 73.8 Å². The van der Waals surface area contributed by atoms with E-state index in [2.05, 4.69) is 152 Å². The van der Waals surface area contributed by atoms with Gasteiger partial charge in [0, 0.05) is 31.3 Å². The molecule has 0 amide bonds. The van der Waals surface area contributed by atoms with Crippen LogP contribution in [0.2, 0.25) is 0 Å². The van der Waals surface area contributed by atoms with Gasteiger partial charge < -0.3 is 0 Å². The zero-order valence-corrected chi connectivity index (χ0v) is 24.1. The zero-order chi connectivity index (χ0) is 28.3. The Kier molecular flexibility index (Phi) is 5.44. The first-order valence-corrected chi connectivity index (χ1v) is 15.5. The lowest BCUT2D eigenvalue weighted by Gasteiger charge is -2.12. The largest absolute Gasteiger partial charge is 0.248 e. The lowest BCUT2D eigenvalue weighted by molar-refractivity contribution is 1.33. The molecule has 0 radical (unpaired) electrons. The van der Waals surface area contributed by atoms with E-state index in [1.54, 1.807) is 0 Å². The van der Waals surface area contributed by atoms with E-state index in [9.17, 15) is 0 Å². The first-order chi connectivity index (χ1) is 21.3. The van der Waals surface area contributed by atoms with Gasteiger partial charge in [0.25, 0.3) is 0 Å². The second-order valence-electron chi connectivity index (χ2n) is 11.1. The Balaban J connectivity index is 1.17. The van der Waals surface area contributed by atoms with E-state index in [0.29, 0.717) is 0 Å². The third-order valence-corrected chi connectivity index (χ3v) is 9.89. The summed E-state index contributed by atoms with van der Waals surface area (Å²) in [5.74, 6) is 0. The van der Waals surface area contributed by atoms with E-state index in [4.69, 9.17) is 4.98 Å². The van der Waals surface area contributed by atoms with Gasteiger partial charge in [-0.25, -0.2) is 4.98 Å². The summed E-state index contributed by atoms with van der Waals surface area (Å²) < 4.78 is 2.60. The molecule has 0 unspecified atom stereocenters. The molecule has 0 bridgehead atoms. The summed E-state index contributed by atoms with van der Waals surface area (Å²) in [6.45, 7) is 0. The van der Waals surface area contributed by atoms with Crippen LogP contribution in [-0.4, -0.2) is 4.98 Å². The van der Waals surface area contributed by atoms with Gasteiger partial charge in [0.05, 0.1) is 11.4 Å². The molecule has 0 fully saturated rings. The van der Waals surface area contributed by atoms with Crippen molar-refractivity contribution in [1.82, 2.24) is 4.98 Å². The fourth-order valence-corrected chi connectivity index (χ4v) is 7.86. The Labute approximate surface area is 253 Å². The van der Waals surface area contributed by atoms with Crippen LogP contribution in [0.5, 0.6) is 0 Å². The van der Waals surface area contributed by atoms with Crippen molar-refractivity contribution >= 4 is 63.8 Å². The molecule has 0 N–H and O–H groups in total. The number of hydrogen-bond acceptors (Lipinski definition) is 2. The summed E-state index contributed by atoms with van der Waals surface area (Å²) in [5.41, 5.74) is 6.69. The van der Waals surface area contributed by atoms with Crippen molar-refractivity contribution in [3.05, 3.63) is 152 Å². The maximum atomic E-state index is 5.20. The van der Waals surface area contributed by atoms with Gasteiger partial charge in [0.2, 0.25) is 0 Å². The number of thiophene rings is 1. The molecule has 200 valence electrons. The molecule has 2 heterocycles. The minimum Gasteiger partial charge on any atom is -0.248 e. The summed E-state index contributed by atoms with van der Waals surface area (Å²) in [6.07, 6.45) is 0. The van der Waals surface area contributed by atoms with Crippen LogP contribution in [0.1, 0.15) is 0 Å². The molecule has 2 aromatic heterocycles. The topological polar surface area (TPSA) is 12.9 Å². The Morgan fingerprint density at radius 2 is 0.907 bits per heavy atom. The van der Waals surface area contributed by atoms with Gasteiger partial charge in [-0.1, -0.05) is 121 Å². The minimum atomic E-state index is 0.981. The third-order valence-electron chi connectivity index (χ3n) is 8.67. The van der Waals surface area contributed by atoms with Gasteiger partial charge >= 0.3 is 0 Å². The number of aromatic nitrogens is 1. The number of benzene rings is 7. The molecule has 1 nitrogen and oxygen atoms in total. The molecule has 0 aliphatic heterocycles. The molecule has 7 aromatic carbocycles. The number of pyridine rings is 1. The molecule has 9 rings (SSSR count). The quantitative estimate of drug-likeness (QED) is 0.195. The van der Waals surface area contributed by atoms with E-state index in [1.807, 2.05) is 11.3 Å². The van der Waals surface area contributed by atoms with E-state index in [-0.39, 0.29) is 0 Å². The second-order valence-corrected chi connectivity index (χ2v) is 12.2. The Morgan fingerprint density at radius 3 is 1.70 bits per heavy atom. The minimum absolute atomic E-state index is 0.981. The fraction of sp³-hybridized carbons (Fsp3) is 0. The fourth-order valence-electron chi connectivity index (χ4n) is 6.64. The zero-order valence-electron chi connectivity index (χ0n) is 23.3. The highest BCUT2D eigenvalue weighted by Gasteiger charge is 2.13. The normalized spacial score (nSPS) is 11.7. The summed E-state index contributed by atoms with van der Waals surface area (Å²) in [4.78, 5) is 5.20. The van der Waals surface area contributed by atoms with E-state index >= 15 is 0 Å². The highest BCUT2D eigenvalue weighted by atomic mass is 32.1. The predicted octanol–water partition coefficient (Wildman–Crippen LogP) is 11.9. The Bertz CT molecular complexity index is 2480. The van der Waals surface area contributed by atoms with Crippen LogP contribution in [0, 0.1) is 0 Å². The molecule has 43 heavy (non-hydrogen) atoms. The maximum absolute atomic E-state index is 5.20. The standard InChI is InChI=1S/C41H25NS/c1-2-14-31-29(12-1)30-13-3-4-15-32(30)37-25-27(22-23-33(31)37)26-10-7-11-28(24-26)38-19-9-20-39(42-38)36-18-8-17-35-34-16-5-6-21-40(34)43-41(35)36/h1-25H. The monoisotopic (exact) mass is 563 g/mol. The lowest BCUT2D eigenvalue weighted by Crippen LogP contribution is -1.89. The highest BCUT2D eigenvalue weighted by molar-refractivity contribution is 7.26. The lowest BCUT2D eigenvalue weighted by atomic mass is 9.91. The van der Waals surface area contributed by atoms with Crippen LogP contribution in [0.15, 0.2) is 152 Å². The summed E-state index contributed by atoms with van der Waals surface area (Å²) in [7, 11) is 0. The molecule has 2 heteroatoms. The summed E-state index contributed by atoms with van der Waals surface area (Å²) >= 11 is 1.85. The molecule has 0 aliphatic rings. The molecule has 0 saturated heterocycles. The SMILES string of the molecule is c1cc(-c2ccc3c4ccccc4c4ccccc4c3c2)cc(-c2cccc(-c3cccc4c3sc3ccccc34)n2)c1. The van der Waals surface area contributed by atoms with E-state index in [0.717, 1.165) is 17.0 Å². The number of hydrogen-bond donors (Lipinski definition) is 0. The van der Waals surface area contributed by atoms with Crippen LogP contribution >= 0.6 is 11.3 Å². The third kappa shape index (κ3) is 3.88. The number of rotatable bonds is 3. The van der Waals surface area contributed by atoms with Gasteiger partial charge in [-0.2, -0.15) is 0 Å². The second kappa shape index (κ2) is 9.62. The summed E-state index contributed by atoms with van der Waals surface area (Å²) in [5, 5.41) is 10.4. The van der Waals surface area contributed by atoms with Gasteiger partial charge in [0.1, 0.15) is 0 Å². The van der Waals surface area contributed by atoms with Crippen molar-refractivity contribution in [1.29, 1.82) is 0 Å². The molecule has 0 atom stereocenters. The number of fused-ring (bicyclic) bond motifs is 9. The number of nitrogens with zero attached hydrogens (tertiary/aromatic N) is 1. The van der Waals surface area contributed by atoms with Crippen molar-refractivity contribution in [2.24, 2.45) is 0 Å². The van der Waals surface area contributed by atoms with Crippen molar-refractivity contribution in [3.63, 3.8) is 0 Å². The molecular weight excluding hydrogens is 539 g/mol. The van der Waals surface area contributed by atoms with Gasteiger partial charge in [-0.3, -0.25) is 0 Å². The first-order valence-electron chi connectivity index (χ1n) is 14.6. The molecule has 0 saturated carbocycles. The first kappa shape index (κ1) is 24.3. The van der Waals surface area contributed by atoms with Crippen molar-refractivity contribution in [3.8, 4) is 33.6 Å². The van der Waals surface area contributed by atoms with Crippen LogP contribution in [0.4, 0.5) is 0 Å². The van der Waals surface area contributed by atoms with E-state index < -0.39 is 0 Å². The maximum Gasteiger partial charge on any atom is 0.0723 e. The van der Waals surface area contributed by atoms with Crippen molar-refractivity contribution < 1.29 is 0 Å². The Morgan fingerprint density at radius 1 is 0.349 bits per heavy atom. The molecule has 0 spiro atoms.